The third-order valence-corrected chi connectivity index (χ3v) is 4.24. The standard InChI is InChI=1S/C16H24N2O/c1-12-5-3-4-6-15(12)9-16(19)18-11-14(10-17)8-7-13(18)2/h3-6,13-14H,7-11,17H2,1-2H3. The van der Waals surface area contributed by atoms with E-state index < -0.39 is 0 Å². The minimum atomic E-state index is 0.236. The second kappa shape index (κ2) is 6.20. The van der Waals surface area contributed by atoms with Gasteiger partial charge in [-0.05, 0) is 50.3 Å². The fourth-order valence-corrected chi connectivity index (χ4v) is 2.80. The van der Waals surface area contributed by atoms with Crippen LogP contribution < -0.4 is 5.73 Å². The van der Waals surface area contributed by atoms with Crippen molar-refractivity contribution >= 4 is 5.91 Å². The van der Waals surface area contributed by atoms with Crippen molar-refractivity contribution in [1.29, 1.82) is 0 Å². The third kappa shape index (κ3) is 3.35. The highest BCUT2D eigenvalue weighted by molar-refractivity contribution is 5.79. The van der Waals surface area contributed by atoms with Gasteiger partial charge in [0.05, 0.1) is 6.42 Å². The summed E-state index contributed by atoms with van der Waals surface area (Å²) >= 11 is 0. The Morgan fingerprint density at radius 2 is 2.11 bits per heavy atom. The summed E-state index contributed by atoms with van der Waals surface area (Å²) in [6.45, 7) is 5.71. The molecule has 1 aliphatic heterocycles. The van der Waals surface area contributed by atoms with E-state index in [9.17, 15) is 4.79 Å². The minimum absolute atomic E-state index is 0.236. The molecule has 104 valence electrons. The third-order valence-electron chi connectivity index (χ3n) is 4.24. The van der Waals surface area contributed by atoms with Gasteiger partial charge in [0.25, 0.3) is 0 Å². The molecule has 19 heavy (non-hydrogen) atoms. The smallest absolute Gasteiger partial charge is 0.227 e. The average molecular weight is 260 g/mol. The largest absolute Gasteiger partial charge is 0.339 e. The fourth-order valence-electron chi connectivity index (χ4n) is 2.80. The topological polar surface area (TPSA) is 46.3 Å². The van der Waals surface area contributed by atoms with E-state index in [4.69, 9.17) is 5.73 Å². The van der Waals surface area contributed by atoms with Crippen molar-refractivity contribution in [2.75, 3.05) is 13.1 Å². The molecular formula is C16H24N2O. The maximum absolute atomic E-state index is 12.5. The van der Waals surface area contributed by atoms with Crippen LogP contribution >= 0.6 is 0 Å². The van der Waals surface area contributed by atoms with E-state index in [0.717, 1.165) is 24.9 Å². The van der Waals surface area contributed by atoms with Gasteiger partial charge in [0.2, 0.25) is 5.91 Å². The van der Waals surface area contributed by atoms with Crippen LogP contribution in [-0.2, 0) is 11.2 Å². The maximum atomic E-state index is 12.5. The van der Waals surface area contributed by atoms with Gasteiger partial charge in [-0.1, -0.05) is 24.3 Å². The number of carbonyl (C=O) groups is 1. The quantitative estimate of drug-likeness (QED) is 0.905. The second-order valence-corrected chi connectivity index (χ2v) is 5.68. The van der Waals surface area contributed by atoms with E-state index in [-0.39, 0.29) is 5.91 Å². The van der Waals surface area contributed by atoms with Gasteiger partial charge >= 0.3 is 0 Å². The first kappa shape index (κ1) is 14.1. The number of rotatable bonds is 3. The lowest BCUT2D eigenvalue weighted by molar-refractivity contribution is -0.134. The molecular weight excluding hydrogens is 236 g/mol. The number of hydrogen-bond donors (Lipinski definition) is 1. The van der Waals surface area contributed by atoms with E-state index in [1.54, 1.807) is 0 Å². The molecule has 2 rings (SSSR count). The lowest BCUT2D eigenvalue weighted by Gasteiger charge is -2.38. The summed E-state index contributed by atoms with van der Waals surface area (Å²) in [5.74, 6) is 0.706. The summed E-state index contributed by atoms with van der Waals surface area (Å²) in [6.07, 6.45) is 2.72. The predicted molar refractivity (Wildman–Crippen MR) is 77.8 cm³/mol. The van der Waals surface area contributed by atoms with Crippen LogP contribution in [0.15, 0.2) is 24.3 Å². The number of likely N-dealkylation sites (tertiary alicyclic amines) is 1. The second-order valence-electron chi connectivity index (χ2n) is 5.68. The Kier molecular flexibility index (Phi) is 4.59. The zero-order valence-electron chi connectivity index (χ0n) is 11.9. The molecule has 0 spiro atoms. The van der Waals surface area contributed by atoms with Crippen LogP contribution in [0.2, 0.25) is 0 Å². The molecule has 0 aromatic heterocycles. The number of carbonyl (C=O) groups excluding carboxylic acids is 1. The van der Waals surface area contributed by atoms with Crippen LogP contribution in [0.5, 0.6) is 0 Å². The van der Waals surface area contributed by atoms with Gasteiger partial charge in [0.15, 0.2) is 0 Å². The van der Waals surface area contributed by atoms with Crippen molar-refractivity contribution < 1.29 is 4.79 Å². The molecule has 1 heterocycles. The van der Waals surface area contributed by atoms with Gasteiger partial charge in [-0.25, -0.2) is 0 Å². The van der Waals surface area contributed by atoms with Crippen LogP contribution in [-0.4, -0.2) is 29.9 Å². The van der Waals surface area contributed by atoms with E-state index in [1.165, 1.54) is 5.56 Å². The number of amides is 1. The first-order valence-electron chi connectivity index (χ1n) is 7.16. The van der Waals surface area contributed by atoms with Crippen molar-refractivity contribution in [3.63, 3.8) is 0 Å². The number of aryl methyl sites for hydroxylation is 1. The molecule has 1 aliphatic rings. The molecule has 3 heteroatoms. The average Bonchev–Trinajstić information content (AvgIpc) is 2.42. The molecule has 0 saturated carbocycles. The van der Waals surface area contributed by atoms with E-state index in [0.29, 0.717) is 24.9 Å². The number of hydrogen-bond acceptors (Lipinski definition) is 2. The Balaban J connectivity index is 2.04. The van der Waals surface area contributed by atoms with Gasteiger partial charge in [-0.15, -0.1) is 0 Å². The van der Waals surface area contributed by atoms with Crippen molar-refractivity contribution in [1.82, 2.24) is 4.90 Å². The predicted octanol–water partition coefficient (Wildman–Crippen LogP) is 2.12. The zero-order valence-corrected chi connectivity index (χ0v) is 11.9. The van der Waals surface area contributed by atoms with Crippen LogP contribution in [0.1, 0.15) is 30.9 Å². The Morgan fingerprint density at radius 3 is 2.79 bits per heavy atom. The van der Waals surface area contributed by atoms with Crippen molar-refractivity contribution in [2.24, 2.45) is 11.7 Å². The summed E-state index contributed by atoms with van der Waals surface area (Å²) in [5, 5.41) is 0. The zero-order chi connectivity index (χ0) is 13.8. The number of nitrogens with zero attached hydrogens (tertiary/aromatic N) is 1. The van der Waals surface area contributed by atoms with Gasteiger partial charge in [0.1, 0.15) is 0 Å². The van der Waals surface area contributed by atoms with Gasteiger partial charge in [-0.2, -0.15) is 0 Å². The number of benzene rings is 1. The molecule has 1 aromatic rings. The van der Waals surface area contributed by atoms with Crippen LogP contribution in [0.3, 0.4) is 0 Å². The summed E-state index contributed by atoms with van der Waals surface area (Å²) in [7, 11) is 0. The molecule has 1 saturated heterocycles. The monoisotopic (exact) mass is 260 g/mol. The molecule has 3 nitrogen and oxygen atoms in total. The van der Waals surface area contributed by atoms with Crippen LogP contribution in [0, 0.1) is 12.8 Å². The Bertz CT molecular complexity index is 444. The molecule has 1 amide bonds. The van der Waals surface area contributed by atoms with Crippen molar-refractivity contribution in [2.45, 2.75) is 39.2 Å². The number of nitrogens with two attached hydrogens (primary N) is 1. The lowest BCUT2D eigenvalue weighted by Crippen LogP contribution is -2.47. The first-order valence-corrected chi connectivity index (χ1v) is 7.16. The van der Waals surface area contributed by atoms with Crippen molar-refractivity contribution in [3.8, 4) is 0 Å². The van der Waals surface area contributed by atoms with Crippen molar-refractivity contribution in [3.05, 3.63) is 35.4 Å². The molecule has 0 bridgehead atoms. The molecule has 0 radical (unpaired) electrons. The highest BCUT2D eigenvalue weighted by atomic mass is 16.2. The summed E-state index contributed by atoms with van der Waals surface area (Å²) in [4.78, 5) is 14.5. The summed E-state index contributed by atoms with van der Waals surface area (Å²) < 4.78 is 0. The highest BCUT2D eigenvalue weighted by Gasteiger charge is 2.28. The molecule has 1 aromatic carbocycles. The molecule has 1 fully saturated rings. The minimum Gasteiger partial charge on any atom is -0.339 e. The van der Waals surface area contributed by atoms with Crippen LogP contribution in [0.4, 0.5) is 0 Å². The van der Waals surface area contributed by atoms with Gasteiger partial charge < -0.3 is 10.6 Å². The Labute approximate surface area is 115 Å². The first-order chi connectivity index (χ1) is 9.11. The summed E-state index contributed by atoms with van der Waals surface area (Å²) in [6, 6.07) is 8.46. The maximum Gasteiger partial charge on any atom is 0.227 e. The molecule has 0 aliphatic carbocycles. The number of piperidine rings is 1. The van der Waals surface area contributed by atoms with Crippen LogP contribution in [0.25, 0.3) is 0 Å². The highest BCUT2D eigenvalue weighted by Crippen LogP contribution is 2.22. The normalized spacial score (nSPS) is 23.4. The SMILES string of the molecule is Cc1ccccc1CC(=O)N1CC(CN)CCC1C. The summed E-state index contributed by atoms with van der Waals surface area (Å²) in [5.41, 5.74) is 8.07. The van der Waals surface area contributed by atoms with E-state index in [2.05, 4.69) is 19.9 Å². The fraction of sp³-hybridized carbons (Fsp3) is 0.562. The Hall–Kier alpha value is -1.35. The molecule has 2 unspecified atom stereocenters. The van der Waals surface area contributed by atoms with Gasteiger partial charge in [-0.3, -0.25) is 4.79 Å². The molecule has 2 N–H and O–H groups in total. The van der Waals surface area contributed by atoms with E-state index in [1.807, 2.05) is 23.1 Å². The van der Waals surface area contributed by atoms with E-state index >= 15 is 0 Å². The molecule has 2 atom stereocenters. The lowest BCUT2D eigenvalue weighted by atomic mass is 9.92. The van der Waals surface area contributed by atoms with Gasteiger partial charge in [0, 0.05) is 12.6 Å². The Morgan fingerprint density at radius 1 is 1.37 bits per heavy atom.